The van der Waals surface area contributed by atoms with E-state index in [2.05, 4.69) is 9.78 Å². The molecular formula is C24H22F6O3S2. The van der Waals surface area contributed by atoms with Gasteiger partial charge in [0.1, 0.15) is 5.56 Å². The van der Waals surface area contributed by atoms with Crippen LogP contribution in [0.15, 0.2) is 41.3 Å². The Morgan fingerprint density at radius 3 is 2.43 bits per heavy atom. The van der Waals surface area contributed by atoms with Gasteiger partial charge in [0.15, 0.2) is 5.75 Å². The van der Waals surface area contributed by atoms with Crippen molar-refractivity contribution in [3.05, 3.63) is 58.0 Å². The molecule has 3 rings (SSSR count). The Hall–Kier alpha value is -2.40. The number of hydrogen-bond acceptors (Lipinski definition) is 5. The van der Waals surface area contributed by atoms with Crippen molar-refractivity contribution in [1.82, 2.24) is 0 Å². The second-order valence-electron chi connectivity index (χ2n) is 7.76. The van der Waals surface area contributed by atoms with Crippen molar-refractivity contribution < 1.29 is 40.9 Å². The van der Waals surface area contributed by atoms with Crippen LogP contribution in [-0.4, -0.2) is 11.7 Å². The lowest BCUT2D eigenvalue weighted by Gasteiger charge is -2.13. The molecule has 190 valence electrons. The zero-order valence-corrected chi connectivity index (χ0v) is 20.4. The molecule has 0 saturated heterocycles. The van der Waals surface area contributed by atoms with E-state index in [0.29, 0.717) is 34.6 Å². The molecule has 0 unspecified atom stereocenters. The molecule has 0 aliphatic carbocycles. The average molecular weight is 537 g/mol. The molecule has 2 aromatic carbocycles. The largest absolute Gasteiger partial charge is 0.420 e. The minimum absolute atomic E-state index is 0.0258. The van der Waals surface area contributed by atoms with Crippen LogP contribution < -0.4 is 4.89 Å². The lowest BCUT2D eigenvalue weighted by Crippen LogP contribution is -2.12. The molecule has 11 heteroatoms. The Morgan fingerprint density at radius 1 is 1.03 bits per heavy atom. The Bertz CT molecular complexity index is 1180. The van der Waals surface area contributed by atoms with Crippen LogP contribution in [0.1, 0.15) is 47.8 Å². The Balaban J connectivity index is 1.63. The predicted octanol–water partition coefficient (Wildman–Crippen LogP) is 8.61. The number of thiophene rings is 1. The average Bonchev–Trinajstić information content (AvgIpc) is 3.09. The third-order valence-corrected chi connectivity index (χ3v) is 7.51. The van der Waals surface area contributed by atoms with Crippen LogP contribution in [-0.2, 0) is 28.5 Å². The quantitative estimate of drug-likeness (QED) is 0.0902. The number of alkyl halides is 6. The summed E-state index contributed by atoms with van der Waals surface area (Å²) in [5.74, 6) is -0.847. The van der Waals surface area contributed by atoms with E-state index >= 15 is 0 Å². The molecule has 0 radical (unpaired) electrons. The number of carbonyl (C=O) groups is 1. The zero-order valence-electron chi connectivity index (χ0n) is 18.8. The first-order valence-electron chi connectivity index (χ1n) is 10.7. The molecule has 0 bridgehead atoms. The fourth-order valence-electron chi connectivity index (χ4n) is 3.34. The highest BCUT2D eigenvalue weighted by molar-refractivity contribution is 7.99. The van der Waals surface area contributed by atoms with Gasteiger partial charge < -0.3 is 0 Å². The van der Waals surface area contributed by atoms with E-state index in [9.17, 15) is 31.1 Å². The Morgan fingerprint density at radius 2 is 1.77 bits per heavy atom. The molecule has 0 amide bonds. The van der Waals surface area contributed by atoms with E-state index in [1.54, 1.807) is 6.92 Å². The van der Waals surface area contributed by atoms with Crippen LogP contribution in [0.5, 0.6) is 5.75 Å². The maximum absolute atomic E-state index is 13.5. The van der Waals surface area contributed by atoms with Crippen LogP contribution in [0.3, 0.4) is 0 Å². The van der Waals surface area contributed by atoms with Crippen molar-refractivity contribution >= 4 is 39.2 Å². The van der Waals surface area contributed by atoms with Gasteiger partial charge in [-0.3, -0.25) is 9.78 Å². The first kappa shape index (κ1) is 27.2. The van der Waals surface area contributed by atoms with Gasteiger partial charge in [-0.2, -0.15) is 26.3 Å². The predicted molar refractivity (Wildman–Crippen MR) is 124 cm³/mol. The molecule has 0 aliphatic heterocycles. The minimum atomic E-state index is -4.70. The molecule has 3 nitrogen and oxygen atoms in total. The molecule has 1 aromatic heterocycles. The lowest BCUT2D eigenvalue weighted by molar-refractivity contribution is -0.217. The standard InChI is InChI=1S/C24H22F6O3S2/c1-3-5-22(31)33-32-19-10-8-16(13-18(19)24(28,29)30)34-11-4-6-20-14(2)17-9-7-15(23(25,26)27)12-21(17)35-20/h7-10,12-13H,3-6,11H2,1-2H3. The van der Waals surface area contributed by atoms with E-state index in [-0.39, 0.29) is 6.42 Å². The third-order valence-electron chi connectivity index (χ3n) is 5.12. The molecule has 0 saturated carbocycles. The summed E-state index contributed by atoms with van der Waals surface area (Å²) in [5.41, 5.74) is -0.823. The smallest absolute Gasteiger partial charge is 0.286 e. The first-order valence-corrected chi connectivity index (χ1v) is 12.5. The van der Waals surface area contributed by atoms with Crippen LogP contribution in [0.4, 0.5) is 26.3 Å². The summed E-state index contributed by atoms with van der Waals surface area (Å²) in [6, 6.07) is 7.19. The molecule has 3 aromatic rings. The summed E-state index contributed by atoms with van der Waals surface area (Å²) in [4.78, 5) is 21.8. The fourth-order valence-corrected chi connectivity index (χ4v) is 5.53. The normalized spacial score (nSPS) is 12.2. The highest BCUT2D eigenvalue weighted by Crippen LogP contribution is 2.40. The van der Waals surface area contributed by atoms with Crippen molar-refractivity contribution in [3.8, 4) is 5.75 Å². The van der Waals surface area contributed by atoms with Gasteiger partial charge in [0.25, 0.3) is 0 Å². The van der Waals surface area contributed by atoms with Crippen LogP contribution in [0, 0.1) is 6.92 Å². The van der Waals surface area contributed by atoms with Crippen molar-refractivity contribution in [2.45, 2.75) is 56.8 Å². The third kappa shape index (κ3) is 7.07. The minimum Gasteiger partial charge on any atom is -0.286 e. The van der Waals surface area contributed by atoms with Crippen LogP contribution in [0.2, 0.25) is 0 Å². The van der Waals surface area contributed by atoms with Gasteiger partial charge in [-0.1, -0.05) is 13.0 Å². The number of aryl methyl sites for hydroxylation is 2. The maximum atomic E-state index is 13.5. The summed E-state index contributed by atoms with van der Waals surface area (Å²) in [6.45, 7) is 3.58. The Labute approximate surface area is 206 Å². The van der Waals surface area contributed by atoms with Crippen LogP contribution >= 0.6 is 23.1 Å². The number of halogens is 6. The molecule has 0 spiro atoms. The van der Waals surface area contributed by atoms with Crippen molar-refractivity contribution in [2.24, 2.45) is 0 Å². The second-order valence-corrected chi connectivity index (χ2v) is 10.1. The topological polar surface area (TPSA) is 35.5 Å². The first-order chi connectivity index (χ1) is 16.4. The summed E-state index contributed by atoms with van der Waals surface area (Å²) < 4.78 is 79.9. The van der Waals surface area contributed by atoms with Gasteiger partial charge in [0, 0.05) is 20.9 Å². The van der Waals surface area contributed by atoms with E-state index in [1.165, 1.54) is 35.2 Å². The Kier molecular flexibility index (Phi) is 8.63. The van der Waals surface area contributed by atoms with Gasteiger partial charge >= 0.3 is 18.3 Å². The summed E-state index contributed by atoms with van der Waals surface area (Å²) >= 11 is 2.53. The number of thioether (sulfide) groups is 1. The number of fused-ring (bicyclic) bond motifs is 1. The van der Waals surface area contributed by atoms with Crippen molar-refractivity contribution in [2.75, 3.05) is 5.75 Å². The molecule has 1 heterocycles. The van der Waals surface area contributed by atoms with Crippen LogP contribution in [0.25, 0.3) is 10.1 Å². The molecular weight excluding hydrogens is 514 g/mol. The monoisotopic (exact) mass is 536 g/mol. The molecule has 0 atom stereocenters. The number of rotatable bonds is 9. The van der Waals surface area contributed by atoms with Gasteiger partial charge in [-0.15, -0.1) is 23.1 Å². The van der Waals surface area contributed by atoms with Gasteiger partial charge in [-0.25, -0.2) is 4.79 Å². The maximum Gasteiger partial charge on any atom is 0.420 e. The summed E-state index contributed by atoms with van der Waals surface area (Å²) in [5, 5.41) is 0.774. The highest BCUT2D eigenvalue weighted by atomic mass is 32.2. The summed E-state index contributed by atoms with van der Waals surface area (Å²) in [7, 11) is 0. The molecule has 0 fully saturated rings. The van der Waals surface area contributed by atoms with Crippen molar-refractivity contribution in [1.29, 1.82) is 0 Å². The van der Waals surface area contributed by atoms with Crippen molar-refractivity contribution in [3.63, 3.8) is 0 Å². The number of hydrogen-bond donors (Lipinski definition) is 0. The fraction of sp³-hybridized carbons (Fsp3) is 0.375. The van der Waals surface area contributed by atoms with Gasteiger partial charge in [0.05, 0.1) is 5.56 Å². The highest BCUT2D eigenvalue weighted by Gasteiger charge is 2.35. The van der Waals surface area contributed by atoms with E-state index < -0.39 is 35.2 Å². The number of benzene rings is 2. The number of carbonyl (C=O) groups excluding carboxylic acids is 1. The molecule has 0 aliphatic rings. The van der Waals surface area contributed by atoms with E-state index in [4.69, 9.17) is 0 Å². The SMILES string of the molecule is CCCC(=O)OOc1ccc(SCCCc2sc3cc(C(F)(F)F)ccc3c2C)cc1C(F)(F)F. The van der Waals surface area contributed by atoms with Gasteiger partial charge in [0.2, 0.25) is 0 Å². The lowest BCUT2D eigenvalue weighted by atomic mass is 10.1. The van der Waals surface area contributed by atoms with Gasteiger partial charge in [-0.05, 0) is 73.2 Å². The second kappa shape index (κ2) is 11.1. The van der Waals surface area contributed by atoms with E-state index in [0.717, 1.165) is 40.1 Å². The molecule has 35 heavy (non-hydrogen) atoms. The zero-order chi connectivity index (χ0) is 25.8. The summed E-state index contributed by atoms with van der Waals surface area (Å²) in [6.07, 6.45) is -7.39. The molecule has 0 N–H and O–H groups in total. The van der Waals surface area contributed by atoms with E-state index in [1.807, 2.05) is 6.92 Å².